The number of aromatic nitrogens is 2. The number of halogens is 1. The molecule has 4 aromatic carbocycles. The van der Waals surface area contributed by atoms with Crippen LogP contribution in [-0.2, 0) is 13.1 Å². The van der Waals surface area contributed by atoms with E-state index in [0.29, 0.717) is 13.1 Å². The highest BCUT2D eigenvalue weighted by Crippen LogP contribution is 2.32. The molecule has 1 unspecified atom stereocenters. The summed E-state index contributed by atoms with van der Waals surface area (Å²) < 4.78 is 5.58. The molecule has 6 aromatic rings. The SMILES string of the molecule is Bc1ccc2c(c1)c1cc(Br)ccc1n2CC(O)Cn1c2ccccc2c2ccccc21. The molecule has 0 amide bonds. The van der Waals surface area contributed by atoms with Crippen molar-refractivity contribution in [3.63, 3.8) is 0 Å². The van der Waals surface area contributed by atoms with Gasteiger partial charge < -0.3 is 14.2 Å². The average Bonchev–Trinajstić information content (AvgIpc) is 3.27. The predicted octanol–water partition coefficient (Wildman–Crippen LogP) is 4.98. The van der Waals surface area contributed by atoms with Gasteiger partial charge in [0.25, 0.3) is 0 Å². The van der Waals surface area contributed by atoms with E-state index in [9.17, 15) is 5.11 Å². The van der Waals surface area contributed by atoms with Gasteiger partial charge in [0.15, 0.2) is 0 Å². The number of aliphatic hydroxyl groups is 1. The first-order chi connectivity index (χ1) is 15.6. The van der Waals surface area contributed by atoms with E-state index in [0.717, 1.165) is 26.5 Å². The van der Waals surface area contributed by atoms with Crippen LogP contribution in [0.5, 0.6) is 0 Å². The third kappa shape index (κ3) is 3.07. The number of rotatable bonds is 4. The molecule has 1 N–H and O–H groups in total. The minimum absolute atomic E-state index is 0.530. The van der Waals surface area contributed by atoms with Gasteiger partial charge >= 0.3 is 0 Å². The van der Waals surface area contributed by atoms with Crippen molar-refractivity contribution >= 4 is 72.9 Å². The van der Waals surface area contributed by atoms with Gasteiger partial charge in [-0.05, 0) is 36.4 Å². The number of nitrogens with zero attached hydrogens (tertiary/aromatic N) is 2. The number of benzene rings is 4. The second-order valence-electron chi connectivity index (χ2n) is 8.59. The van der Waals surface area contributed by atoms with Crippen LogP contribution in [0.25, 0.3) is 43.6 Å². The van der Waals surface area contributed by atoms with Crippen LogP contribution < -0.4 is 5.46 Å². The Hall–Kier alpha value is -3.02. The highest BCUT2D eigenvalue weighted by molar-refractivity contribution is 9.10. The van der Waals surface area contributed by atoms with Crippen LogP contribution in [0.2, 0.25) is 0 Å². The first-order valence-corrected chi connectivity index (χ1v) is 11.7. The van der Waals surface area contributed by atoms with Gasteiger partial charge in [0, 0.05) is 48.1 Å². The molecule has 32 heavy (non-hydrogen) atoms. The molecule has 3 nitrogen and oxygen atoms in total. The van der Waals surface area contributed by atoms with Gasteiger partial charge in [-0.3, -0.25) is 0 Å². The van der Waals surface area contributed by atoms with Gasteiger partial charge in [-0.2, -0.15) is 0 Å². The molecule has 0 aliphatic heterocycles. The van der Waals surface area contributed by atoms with Gasteiger partial charge in [-0.25, -0.2) is 0 Å². The van der Waals surface area contributed by atoms with Gasteiger partial charge in [-0.15, -0.1) is 0 Å². The molecule has 0 bridgehead atoms. The van der Waals surface area contributed by atoms with Crippen LogP contribution >= 0.6 is 15.9 Å². The number of hydrogen-bond donors (Lipinski definition) is 1. The maximum atomic E-state index is 11.3. The second kappa shape index (κ2) is 7.54. The number of para-hydroxylation sites is 2. The van der Waals surface area contributed by atoms with Crippen molar-refractivity contribution in [3.05, 3.63) is 89.4 Å². The van der Waals surface area contributed by atoms with Crippen molar-refractivity contribution in [2.45, 2.75) is 19.2 Å². The second-order valence-corrected chi connectivity index (χ2v) is 9.51. The van der Waals surface area contributed by atoms with E-state index in [4.69, 9.17) is 0 Å². The van der Waals surface area contributed by atoms with Crippen molar-refractivity contribution in [3.8, 4) is 0 Å². The van der Waals surface area contributed by atoms with Crippen LogP contribution in [0.1, 0.15) is 0 Å². The van der Waals surface area contributed by atoms with Crippen molar-refractivity contribution < 1.29 is 5.11 Å². The monoisotopic (exact) mass is 480 g/mol. The van der Waals surface area contributed by atoms with Crippen LogP contribution in [0, 0.1) is 0 Å². The first kappa shape index (κ1) is 19.7. The van der Waals surface area contributed by atoms with Crippen molar-refractivity contribution in [2.75, 3.05) is 0 Å². The molecule has 0 saturated carbocycles. The van der Waals surface area contributed by atoms with E-state index in [1.807, 2.05) is 0 Å². The fourth-order valence-electron chi connectivity index (χ4n) is 5.07. The minimum Gasteiger partial charge on any atom is -0.389 e. The molecule has 2 aromatic heterocycles. The lowest BCUT2D eigenvalue weighted by Crippen LogP contribution is -2.22. The van der Waals surface area contributed by atoms with E-state index in [1.165, 1.54) is 27.0 Å². The predicted molar refractivity (Wildman–Crippen MR) is 141 cm³/mol. The third-order valence-corrected chi connectivity index (χ3v) is 6.94. The molecule has 2 heterocycles. The molecule has 0 radical (unpaired) electrons. The third-order valence-electron chi connectivity index (χ3n) is 6.45. The zero-order valence-electron chi connectivity index (χ0n) is 17.8. The zero-order chi connectivity index (χ0) is 21.8. The summed E-state index contributed by atoms with van der Waals surface area (Å²) in [5.74, 6) is 0. The van der Waals surface area contributed by atoms with Gasteiger partial charge in [0.2, 0.25) is 0 Å². The quantitative estimate of drug-likeness (QED) is 0.354. The van der Waals surface area contributed by atoms with Crippen LogP contribution in [0.3, 0.4) is 0 Å². The first-order valence-electron chi connectivity index (χ1n) is 10.9. The lowest BCUT2D eigenvalue weighted by Gasteiger charge is -2.16. The molecule has 0 fully saturated rings. The summed E-state index contributed by atoms with van der Waals surface area (Å²) in [6.07, 6.45) is -0.530. The largest absolute Gasteiger partial charge is 0.389 e. The fraction of sp³-hybridized carbons (Fsp3) is 0.111. The Morgan fingerprint density at radius 2 is 1.16 bits per heavy atom. The molecule has 0 aliphatic carbocycles. The molecule has 5 heteroatoms. The Morgan fingerprint density at radius 3 is 1.78 bits per heavy atom. The maximum absolute atomic E-state index is 11.3. The van der Waals surface area contributed by atoms with Crippen molar-refractivity contribution in [1.29, 1.82) is 0 Å². The van der Waals surface area contributed by atoms with E-state index >= 15 is 0 Å². The molecule has 0 spiro atoms. The number of fused-ring (bicyclic) bond motifs is 6. The zero-order valence-corrected chi connectivity index (χ0v) is 19.4. The highest BCUT2D eigenvalue weighted by Gasteiger charge is 2.17. The summed E-state index contributed by atoms with van der Waals surface area (Å²) in [4.78, 5) is 0. The molecule has 156 valence electrons. The summed E-state index contributed by atoms with van der Waals surface area (Å²) >= 11 is 3.62. The molecule has 6 rings (SSSR count). The van der Waals surface area contributed by atoms with Crippen LogP contribution in [0.15, 0.2) is 89.4 Å². The number of aliphatic hydroxyl groups excluding tert-OH is 1. The smallest absolute Gasteiger partial charge is 0.139 e. The Bertz CT molecular complexity index is 1520. The van der Waals surface area contributed by atoms with Gasteiger partial charge in [-0.1, -0.05) is 69.9 Å². The summed E-state index contributed by atoms with van der Waals surface area (Å²) in [6, 6.07) is 29.8. The normalized spacial score (nSPS) is 12.9. The van der Waals surface area contributed by atoms with E-state index in [2.05, 4.69) is 118 Å². The Labute approximate surface area is 195 Å². The average molecular weight is 481 g/mol. The van der Waals surface area contributed by atoms with Crippen LogP contribution in [-0.4, -0.2) is 28.2 Å². The van der Waals surface area contributed by atoms with Gasteiger partial charge in [0.1, 0.15) is 7.85 Å². The molecular formula is C27H22BBrN2O. The fourth-order valence-corrected chi connectivity index (χ4v) is 5.43. The molecule has 1 atom stereocenters. The highest BCUT2D eigenvalue weighted by atomic mass is 79.9. The minimum atomic E-state index is -0.530. The van der Waals surface area contributed by atoms with Crippen molar-refractivity contribution in [2.24, 2.45) is 0 Å². The number of hydrogen-bond acceptors (Lipinski definition) is 1. The molecule has 0 aliphatic rings. The summed E-state index contributed by atoms with van der Waals surface area (Å²) in [6.45, 7) is 1.07. The molecule has 0 saturated heterocycles. The topological polar surface area (TPSA) is 30.1 Å². The lowest BCUT2D eigenvalue weighted by molar-refractivity contribution is 0.140. The van der Waals surface area contributed by atoms with Crippen LogP contribution in [0.4, 0.5) is 0 Å². The standard InChI is InChI=1S/C27H22BBrN2O/c28-17-9-11-26-22(13-17)23-14-18(29)10-12-27(23)31(26)16-19(32)15-30-24-7-3-1-5-20(24)21-6-2-4-8-25(21)30/h1-14,19,32H,15-16,28H2. The maximum Gasteiger partial charge on any atom is 0.139 e. The lowest BCUT2D eigenvalue weighted by atomic mass is 9.94. The summed E-state index contributed by atoms with van der Waals surface area (Å²) in [5, 5.41) is 16.2. The van der Waals surface area contributed by atoms with Gasteiger partial charge in [0.05, 0.1) is 19.2 Å². The van der Waals surface area contributed by atoms with E-state index in [1.54, 1.807) is 0 Å². The van der Waals surface area contributed by atoms with E-state index < -0.39 is 6.10 Å². The molecular weight excluding hydrogens is 459 g/mol. The summed E-state index contributed by atoms with van der Waals surface area (Å²) in [7, 11) is 2.12. The van der Waals surface area contributed by atoms with E-state index in [-0.39, 0.29) is 0 Å². The Kier molecular flexibility index (Phi) is 4.63. The van der Waals surface area contributed by atoms with Crippen molar-refractivity contribution in [1.82, 2.24) is 9.13 Å². The summed E-state index contributed by atoms with van der Waals surface area (Å²) in [5.41, 5.74) is 5.87. The Balaban J connectivity index is 1.45. The Morgan fingerprint density at radius 1 is 0.656 bits per heavy atom.